The number of nitrogen functional groups attached to an aromatic ring is 1. The van der Waals surface area contributed by atoms with Crippen LogP contribution in [0.1, 0.15) is 44.1 Å². The molecular formula is C29H35N7O5. The second-order valence-electron chi connectivity index (χ2n) is 11.0. The molecule has 12 nitrogen and oxygen atoms in total. The van der Waals surface area contributed by atoms with Gasteiger partial charge in [0.05, 0.1) is 42.7 Å². The van der Waals surface area contributed by atoms with Gasteiger partial charge in [0, 0.05) is 43.7 Å². The van der Waals surface area contributed by atoms with E-state index >= 15 is 0 Å². The number of carbonyl (C=O) groups excluding carboxylic acids is 2. The fraction of sp³-hybridized carbons (Fsp3) is 0.414. The van der Waals surface area contributed by atoms with Gasteiger partial charge in [0.1, 0.15) is 17.5 Å². The number of rotatable bonds is 7. The quantitative estimate of drug-likeness (QED) is 0.389. The molecule has 41 heavy (non-hydrogen) atoms. The highest BCUT2D eigenvalue weighted by molar-refractivity contribution is 6.07. The maximum atomic E-state index is 13.2. The van der Waals surface area contributed by atoms with E-state index in [1.165, 1.54) is 6.20 Å². The molecule has 0 atom stereocenters. The molecule has 0 spiro atoms. The van der Waals surface area contributed by atoms with Crippen LogP contribution in [-0.2, 0) is 9.47 Å². The van der Waals surface area contributed by atoms with Gasteiger partial charge in [-0.1, -0.05) is 0 Å². The molecule has 2 amide bonds. The van der Waals surface area contributed by atoms with Crippen LogP contribution >= 0.6 is 0 Å². The Morgan fingerprint density at radius 3 is 2.51 bits per heavy atom. The molecule has 1 aliphatic carbocycles. The molecule has 0 bridgehead atoms. The van der Waals surface area contributed by atoms with Gasteiger partial charge in [-0.25, -0.2) is 14.8 Å². The first-order valence-electron chi connectivity index (χ1n) is 13.6. The van der Waals surface area contributed by atoms with Gasteiger partial charge in [0.15, 0.2) is 11.5 Å². The first-order valence-corrected chi connectivity index (χ1v) is 13.6. The molecule has 2 fully saturated rings. The van der Waals surface area contributed by atoms with Crippen LogP contribution in [0.25, 0.3) is 11.3 Å². The van der Waals surface area contributed by atoms with Gasteiger partial charge < -0.3 is 35.5 Å². The highest BCUT2D eigenvalue weighted by Crippen LogP contribution is 2.29. The Balaban J connectivity index is 1.20. The second-order valence-corrected chi connectivity index (χ2v) is 11.0. The Morgan fingerprint density at radius 2 is 1.80 bits per heavy atom. The van der Waals surface area contributed by atoms with Crippen LogP contribution < -0.4 is 26.0 Å². The van der Waals surface area contributed by atoms with Crippen LogP contribution in [0.3, 0.4) is 0 Å². The van der Waals surface area contributed by atoms with Gasteiger partial charge in [-0.3, -0.25) is 9.78 Å². The average Bonchev–Trinajstić information content (AvgIpc) is 2.92. The first-order chi connectivity index (χ1) is 19.6. The topological polar surface area (TPSA) is 154 Å². The van der Waals surface area contributed by atoms with Gasteiger partial charge in [0.2, 0.25) is 0 Å². The minimum atomic E-state index is -0.531. The summed E-state index contributed by atoms with van der Waals surface area (Å²) in [6.07, 6.45) is 5.81. The van der Waals surface area contributed by atoms with E-state index < -0.39 is 17.6 Å². The minimum Gasteiger partial charge on any atom is -0.490 e. The number of aromatic nitrogens is 3. The monoisotopic (exact) mass is 561 g/mol. The molecule has 1 aromatic carbocycles. The lowest BCUT2D eigenvalue weighted by Crippen LogP contribution is -2.50. The van der Waals surface area contributed by atoms with E-state index in [0.29, 0.717) is 56.3 Å². The number of nitrogens with two attached hydrogens (primary N) is 1. The van der Waals surface area contributed by atoms with Gasteiger partial charge in [-0.2, -0.15) is 0 Å². The molecule has 216 valence electrons. The van der Waals surface area contributed by atoms with Crippen molar-refractivity contribution in [2.75, 3.05) is 42.3 Å². The smallest absolute Gasteiger partial charge is 0.407 e. The summed E-state index contributed by atoms with van der Waals surface area (Å²) in [6, 6.07) is 9.27. The third kappa shape index (κ3) is 7.20. The Morgan fingerprint density at radius 1 is 1.07 bits per heavy atom. The van der Waals surface area contributed by atoms with E-state index in [-0.39, 0.29) is 23.7 Å². The van der Waals surface area contributed by atoms with Crippen LogP contribution in [0.5, 0.6) is 5.75 Å². The Labute approximate surface area is 238 Å². The summed E-state index contributed by atoms with van der Waals surface area (Å²) in [6.45, 7) is 8.17. The summed E-state index contributed by atoms with van der Waals surface area (Å²) in [5.41, 5.74) is 8.21. The van der Waals surface area contributed by atoms with Crippen LogP contribution in [0.4, 0.5) is 22.0 Å². The van der Waals surface area contributed by atoms with Crippen molar-refractivity contribution in [3.05, 3.63) is 54.6 Å². The number of benzene rings is 1. The van der Waals surface area contributed by atoms with Crippen molar-refractivity contribution >= 4 is 29.2 Å². The third-order valence-corrected chi connectivity index (χ3v) is 6.68. The zero-order valence-corrected chi connectivity index (χ0v) is 23.4. The van der Waals surface area contributed by atoms with Crippen LogP contribution in [0, 0.1) is 0 Å². The van der Waals surface area contributed by atoms with Crippen molar-refractivity contribution < 1.29 is 23.8 Å². The molecule has 2 aliphatic rings. The molecule has 1 saturated carbocycles. The second kappa shape index (κ2) is 12.0. The molecule has 5 rings (SSSR count). The lowest BCUT2D eigenvalue weighted by atomic mass is 9.89. The lowest BCUT2D eigenvalue weighted by Gasteiger charge is -2.36. The summed E-state index contributed by atoms with van der Waals surface area (Å²) in [4.78, 5) is 40.2. The van der Waals surface area contributed by atoms with Gasteiger partial charge >= 0.3 is 6.09 Å². The standard InChI is InChI=1S/C29H35N7O5/c1-29(2,3)41-28(38)33-19-14-21(15-19)40-20-6-4-18(5-7-20)22-17-32-26(30)25(34-22)27(37)35-23-16-31-9-8-24(23)36-10-12-39-13-11-36/h4-9,16-17,19,21H,10-15H2,1-3H3,(H2,30,32)(H,33,38)(H,35,37). The number of morpholine rings is 1. The lowest BCUT2D eigenvalue weighted by molar-refractivity contribution is 0.0362. The van der Waals surface area contributed by atoms with Crippen LogP contribution in [-0.4, -0.2) is 71.0 Å². The third-order valence-electron chi connectivity index (χ3n) is 6.68. The van der Waals surface area contributed by atoms with Crippen molar-refractivity contribution in [3.8, 4) is 17.0 Å². The molecule has 12 heteroatoms. The van der Waals surface area contributed by atoms with Gasteiger partial charge in [0.25, 0.3) is 5.91 Å². The number of alkyl carbamates (subject to hydrolysis) is 1. The Hall–Kier alpha value is -4.45. The average molecular weight is 562 g/mol. The molecule has 1 aliphatic heterocycles. The van der Waals surface area contributed by atoms with E-state index in [1.807, 2.05) is 51.1 Å². The van der Waals surface area contributed by atoms with E-state index in [4.69, 9.17) is 19.9 Å². The van der Waals surface area contributed by atoms with Gasteiger partial charge in [-0.05, 0) is 51.1 Å². The van der Waals surface area contributed by atoms with E-state index in [2.05, 4.69) is 30.5 Å². The van der Waals surface area contributed by atoms with Crippen molar-refractivity contribution in [2.24, 2.45) is 0 Å². The first kappa shape index (κ1) is 28.1. The summed E-state index contributed by atoms with van der Waals surface area (Å²) in [7, 11) is 0. The predicted octanol–water partition coefficient (Wildman–Crippen LogP) is 3.64. The number of nitrogens with one attached hydrogen (secondary N) is 2. The van der Waals surface area contributed by atoms with E-state index in [1.54, 1.807) is 12.4 Å². The van der Waals surface area contributed by atoms with E-state index in [0.717, 1.165) is 11.3 Å². The zero-order valence-electron chi connectivity index (χ0n) is 23.4. The van der Waals surface area contributed by atoms with E-state index in [9.17, 15) is 9.59 Å². The molecule has 2 aromatic heterocycles. The molecule has 3 heterocycles. The molecule has 0 unspecified atom stereocenters. The highest BCUT2D eigenvalue weighted by atomic mass is 16.6. The minimum absolute atomic E-state index is 0.00207. The van der Waals surface area contributed by atoms with Crippen molar-refractivity contribution in [2.45, 2.75) is 51.4 Å². The highest BCUT2D eigenvalue weighted by Gasteiger charge is 2.33. The SMILES string of the molecule is CC(C)(C)OC(=O)NC1CC(Oc2ccc(-c3cnc(N)c(C(=O)Nc4cnccc4N4CCOCC4)n3)cc2)C1. The summed E-state index contributed by atoms with van der Waals surface area (Å²) in [5.74, 6) is 0.254. The molecule has 0 radical (unpaired) electrons. The number of hydrogen-bond donors (Lipinski definition) is 3. The number of hydrogen-bond acceptors (Lipinski definition) is 10. The van der Waals surface area contributed by atoms with Gasteiger partial charge in [-0.15, -0.1) is 0 Å². The number of carbonyl (C=O) groups is 2. The fourth-order valence-corrected chi connectivity index (χ4v) is 4.60. The maximum absolute atomic E-state index is 13.2. The number of pyridine rings is 1. The summed E-state index contributed by atoms with van der Waals surface area (Å²) in [5, 5.41) is 5.76. The fourth-order valence-electron chi connectivity index (χ4n) is 4.60. The molecular weight excluding hydrogens is 526 g/mol. The number of ether oxygens (including phenoxy) is 3. The zero-order chi connectivity index (χ0) is 29.0. The van der Waals surface area contributed by atoms with Crippen LogP contribution in [0.2, 0.25) is 0 Å². The number of anilines is 3. The Bertz CT molecular complexity index is 1380. The van der Waals surface area contributed by atoms with Crippen LogP contribution in [0.15, 0.2) is 48.9 Å². The Kier molecular flexibility index (Phi) is 8.20. The largest absolute Gasteiger partial charge is 0.490 e. The normalized spacial score (nSPS) is 18.7. The van der Waals surface area contributed by atoms with Crippen molar-refractivity contribution in [1.82, 2.24) is 20.3 Å². The summed E-state index contributed by atoms with van der Waals surface area (Å²) < 4.78 is 16.8. The predicted molar refractivity (Wildman–Crippen MR) is 154 cm³/mol. The maximum Gasteiger partial charge on any atom is 0.407 e. The molecule has 3 aromatic rings. The number of amides is 2. The van der Waals surface area contributed by atoms with Crippen molar-refractivity contribution in [3.63, 3.8) is 0 Å². The van der Waals surface area contributed by atoms with Crippen molar-refractivity contribution in [1.29, 1.82) is 0 Å². The summed E-state index contributed by atoms with van der Waals surface area (Å²) >= 11 is 0. The molecule has 4 N–H and O–H groups in total. The number of nitrogens with zero attached hydrogens (tertiary/aromatic N) is 4. The molecule has 1 saturated heterocycles.